The molecule has 0 aliphatic carbocycles. The minimum atomic E-state index is -0.0571. The van der Waals surface area contributed by atoms with Gasteiger partial charge in [0.2, 0.25) is 0 Å². The lowest BCUT2D eigenvalue weighted by molar-refractivity contribution is 0.102. The Hall–Kier alpha value is -2.33. The van der Waals surface area contributed by atoms with Gasteiger partial charge in [0.05, 0.1) is 11.4 Å². The number of para-hydroxylation sites is 2. The molecule has 3 rings (SSSR count). The third kappa shape index (κ3) is 3.77. The van der Waals surface area contributed by atoms with Gasteiger partial charge in [-0.05, 0) is 37.7 Å². The molecule has 1 aliphatic rings. The Bertz CT molecular complexity index is 706. The number of likely N-dealkylation sites (N-methyl/N-ethyl adjacent to an activating group) is 1. The van der Waals surface area contributed by atoms with E-state index in [0.29, 0.717) is 5.56 Å². The number of anilines is 2. The molecule has 0 atom stereocenters. The Morgan fingerprint density at radius 2 is 1.79 bits per heavy atom. The van der Waals surface area contributed by atoms with Crippen molar-refractivity contribution < 1.29 is 4.79 Å². The van der Waals surface area contributed by atoms with Crippen LogP contribution in [0, 0.1) is 6.92 Å². The maximum absolute atomic E-state index is 12.6. The van der Waals surface area contributed by atoms with Gasteiger partial charge in [0.1, 0.15) is 0 Å². The van der Waals surface area contributed by atoms with E-state index in [4.69, 9.17) is 0 Å². The number of piperazine rings is 1. The van der Waals surface area contributed by atoms with Gasteiger partial charge in [0, 0.05) is 31.7 Å². The second-order valence-corrected chi connectivity index (χ2v) is 6.26. The van der Waals surface area contributed by atoms with E-state index < -0.39 is 0 Å². The SMILES string of the molecule is CCN1CCN(c2ccccc2NC(=O)c2cccc(C)c2)CC1. The van der Waals surface area contributed by atoms with E-state index in [1.165, 1.54) is 0 Å². The molecule has 0 bridgehead atoms. The van der Waals surface area contributed by atoms with Gasteiger partial charge >= 0.3 is 0 Å². The molecule has 1 fully saturated rings. The highest BCUT2D eigenvalue weighted by atomic mass is 16.1. The first-order valence-corrected chi connectivity index (χ1v) is 8.61. The van der Waals surface area contributed by atoms with Gasteiger partial charge < -0.3 is 15.1 Å². The summed E-state index contributed by atoms with van der Waals surface area (Å²) < 4.78 is 0. The summed E-state index contributed by atoms with van der Waals surface area (Å²) in [5.41, 5.74) is 3.77. The molecule has 0 aromatic heterocycles. The van der Waals surface area contributed by atoms with Crippen molar-refractivity contribution in [2.75, 3.05) is 42.9 Å². The van der Waals surface area contributed by atoms with Crippen LogP contribution >= 0.6 is 0 Å². The van der Waals surface area contributed by atoms with Crippen LogP contribution in [-0.4, -0.2) is 43.5 Å². The third-order valence-corrected chi connectivity index (χ3v) is 4.59. The van der Waals surface area contributed by atoms with E-state index in [0.717, 1.165) is 49.7 Å². The lowest BCUT2D eigenvalue weighted by atomic mass is 10.1. The zero-order valence-electron chi connectivity index (χ0n) is 14.5. The fourth-order valence-electron chi connectivity index (χ4n) is 3.14. The molecule has 2 aromatic carbocycles. The van der Waals surface area contributed by atoms with E-state index in [9.17, 15) is 4.79 Å². The number of hydrogen-bond donors (Lipinski definition) is 1. The van der Waals surface area contributed by atoms with Crippen LogP contribution in [0.1, 0.15) is 22.8 Å². The van der Waals surface area contributed by atoms with Gasteiger partial charge in [-0.1, -0.05) is 36.8 Å². The Morgan fingerprint density at radius 1 is 1.04 bits per heavy atom. The highest BCUT2D eigenvalue weighted by molar-refractivity contribution is 6.06. The summed E-state index contributed by atoms with van der Waals surface area (Å²) in [5.74, 6) is -0.0571. The van der Waals surface area contributed by atoms with Crippen LogP contribution in [0.3, 0.4) is 0 Å². The highest BCUT2D eigenvalue weighted by Gasteiger charge is 2.19. The fraction of sp³-hybridized carbons (Fsp3) is 0.350. The molecule has 126 valence electrons. The van der Waals surface area contributed by atoms with Crippen LogP contribution in [0.15, 0.2) is 48.5 Å². The molecule has 24 heavy (non-hydrogen) atoms. The summed E-state index contributed by atoms with van der Waals surface area (Å²) in [6.07, 6.45) is 0. The number of nitrogens with one attached hydrogen (secondary N) is 1. The lowest BCUT2D eigenvalue weighted by Crippen LogP contribution is -2.46. The summed E-state index contributed by atoms with van der Waals surface area (Å²) in [5, 5.41) is 3.08. The highest BCUT2D eigenvalue weighted by Crippen LogP contribution is 2.27. The number of carbonyl (C=O) groups excluding carboxylic acids is 1. The molecule has 0 saturated carbocycles. The van der Waals surface area contributed by atoms with E-state index >= 15 is 0 Å². The standard InChI is InChI=1S/C20H25N3O/c1-3-22-11-13-23(14-12-22)19-10-5-4-9-18(19)21-20(24)17-8-6-7-16(2)15-17/h4-10,15H,3,11-14H2,1-2H3,(H,21,24). The van der Waals surface area contributed by atoms with Crippen LogP contribution < -0.4 is 10.2 Å². The molecule has 4 nitrogen and oxygen atoms in total. The number of benzene rings is 2. The minimum Gasteiger partial charge on any atom is -0.367 e. The fourth-order valence-corrected chi connectivity index (χ4v) is 3.14. The normalized spacial score (nSPS) is 15.3. The van der Waals surface area contributed by atoms with Crippen molar-refractivity contribution in [1.29, 1.82) is 0 Å². The molecule has 4 heteroatoms. The number of carbonyl (C=O) groups is 1. The van der Waals surface area contributed by atoms with Gasteiger partial charge in [-0.3, -0.25) is 4.79 Å². The molecule has 0 radical (unpaired) electrons. The number of amides is 1. The topological polar surface area (TPSA) is 35.6 Å². The molecular weight excluding hydrogens is 298 g/mol. The molecule has 1 saturated heterocycles. The number of nitrogens with zero attached hydrogens (tertiary/aromatic N) is 2. The van der Waals surface area contributed by atoms with Crippen molar-refractivity contribution in [3.05, 3.63) is 59.7 Å². The maximum atomic E-state index is 12.6. The van der Waals surface area contributed by atoms with Crippen LogP contribution in [0.5, 0.6) is 0 Å². The zero-order chi connectivity index (χ0) is 16.9. The summed E-state index contributed by atoms with van der Waals surface area (Å²) in [4.78, 5) is 17.4. The van der Waals surface area contributed by atoms with Crippen LogP contribution in [-0.2, 0) is 0 Å². The molecule has 1 heterocycles. The predicted octanol–water partition coefficient (Wildman–Crippen LogP) is 3.39. The minimum absolute atomic E-state index is 0.0571. The first-order valence-electron chi connectivity index (χ1n) is 8.61. The molecule has 2 aromatic rings. The van der Waals surface area contributed by atoms with Crippen molar-refractivity contribution in [3.8, 4) is 0 Å². The Labute approximate surface area is 144 Å². The summed E-state index contributed by atoms with van der Waals surface area (Å²) in [6, 6.07) is 15.8. The molecular formula is C20H25N3O. The number of aryl methyl sites for hydroxylation is 1. The van der Waals surface area contributed by atoms with Crippen molar-refractivity contribution >= 4 is 17.3 Å². The Morgan fingerprint density at radius 3 is 2.50 bits per heavy atom. The average Bonchev–Trinajstić information content (AvgIpc) is 2.62. The quantitative estimate of drug-likeness (QED) is 0.937. The molecule has 0 spiro atoms. The van der Waals surface area contributed by atoms with Crippen molar-refractivity contribution in [2.45, 2.75) is 13.8 Å². The average molecular weight is 323 g/mol. The van der Waals surface area contributed by atoms with Gasteiger partial charge in [-0.25, -0.2) is 0 Å². The van der Waals surface area contributed by atoms with Gasteiger partial charge in [-0.15, -0.1) is 0 Å². The molecule has 1 amide bonds. The summed E-state index contributed by atoms with van der Waals surface area (Å²) >= 11 is 0. The van der Waals surface area contributed by atoms with Crippen molar-refractivity contribution in [2.24, 2.45) is 0 Å². The van der Waals surface area contributed by atoms with Gasteiger partial charge in [-0.2, -0.15) is 0 Å². The van der Waals surface area contributed by atoms with Gasteiger partial charge in [0.15, 0.2) is 0 Å². The van der Waals surface area contributed by atoms with Crippen molar-refractivity contribution in [3.63, 3.8) is 0 Å². The van der Waals surface area contributed by atoms with Crippen molar-refractivity contribution in [1.82, 2.24) is 4.90 Å². The monoisotopic (exact) mass is 323 g/mol. The van der Waals surface area contributed by atoms with Gasteiger partial charge in [0.25, 0.3) is 5.91 Å². The van der Waals surface area contributed by atoms with Crippen LogP contribution in [0.25, 0.3) is 0 Å². The zero-order valence-corrected chi connectivity index (χ0v) is 14.5. The van der Waals surface area contributed by atoms with E-state index in [1.807, 2.05) is 49.4 Å². The molecule has 1 aliphatic heterocycles. The van der Waals surface area contributed by atoms with Crippen LogP contribution in [0.2, 0.25) is 0 Å². The van der Waals surface area contributed by atoms with E-state index in [-0.39, 0.29) is 5.91 Å². The first kappa shape index (κ1) is 16.5. The second-order valence-electron chi connectivity index (χ2n) is 6.26. The van der Waals surface area contributed by atoms with Crippen LogP contribution in [0.4, 0.5) is 11.4 Å². The first-order chi connectivity index (χ1) is 11.7. The lowest BCUT2D eigenvalue weighted by Gasteiger charge is -2.36. The Kier molecular flexibility index (Phi) is 5.16. The van der Waals surface area contributed by atoms with E-state index in [2.05, 4.69) is 28.1 Å². The predicted molar refractivity (Wildman–Crippen MR) is 99.9 cm³/mol. The Balaban J connectivity index is 1.76. The maximum Gasteiger partial charge on any atom is 0.255 e. The largest absolute Gasteiger partial charge is 0.367 e. The second kappa shape index (κ2) is 7.49. The number of rotatable bonds is 4. The third-order valence-electron chi connectivity index (χ3n) is 4.59. The molecule has 0 unspecified atom stereocenters. The number of hydrogen-bond acceptors (Lipinski definition) is 3. The summed E-state index contributed by atoms with van der Waals surface area (Å²) in [7, 11) is 0. The smallest absolute Gasteiger partial charge is 0.255 e. The summed E-state index contributed by atoms with van der Waals surface area (Å²) in [6.45, 7) is 9.41. The van der Waals surface area contributed by atoms with E-state index in [1.54, 1.807) is 0 Å². The molecule has 1 N–H and O–H groups in total.